The van der Waals surface area contributed by atoms with E-state index >= 15 is 0 Å². The Balaban J connectivity index is 2.51. The van der Waals surface area contributed by atoms with E-state index in [0.717, 1.165) is 51.4 Å². The highest BCUT2D eigenvalue weighted by atomic mass is 16.6. The highest BCUT2D eigenvalue weighted by molar-refractivity contribution is 5.89. The molecule has 1 heterocycles. The molecular weight excluding hydrogens is 528 g/mol. The van der Waals surface area contributed by atoms with E-state index in [-0.39, 0.29) is 30.2 Å². The lowest BCUT2D eigenvalue weighted by atomic mass is 10.1. The number of nitro groups is 1. The second-order valence-electron chi connectivity index (χ2n) is 11.5. The molecule has 7 heteroatoms. The van der Waals surface area contributed by atoms with Crippen molar-refractivity contribution in [3.8, 4) is 11.5 Å². The second kappa shape index (κ2) is 18.0. The second-order valence-corrected chi connectivity index (χ2v) is 11.5. The molecule has 0 aliphatic rings. The Hall–Kier alpha value is -3.61. The SMILES string of the molecule is CCCCCCn1c(=O)c(OCC=C(C)CCC=C(C)C)c(OCC=C(C)CCC=C(C)C)c2ccc([N+](=O)[O-])cc21. The lowest BCUT2D eigenvalue weighted by molar-refractivity contribution is -0.384. The van der Waals surface area contributed by atoms with Gasteiger partial charge in [0.15, 0.2) is 5.75 Å². The van der Waals surface area contributed by atoms with Crippen LogP contribution in [0.2, 0.25) is 0 Å². The molecule has 0 atom stereocenters. The first kappa shape index (κ1) is 34.6. The Bertz CT molecular complexity index is 1370. The summed E-state index contributed by atoms with van der Waals surface area (Å²) in [6, 6.07) is 4.60. The maximum Gasteiger partial charge on any atom is 0.297 e. The fourth-order valence-corrected chi connectivity index (χ4v) is 4.61. The van der Waals surface area contributed by atoms with Crippen LogP contribution in [0.15, 0.2) is 69.6 Å². The number of rotatable bonds is 18. The first-order valence-electron chi connectivity index (χ1n) is 15.2. The number of nitrogens with zero attached hydrogens (tertiary/aromatic N) is 2. The Labute approximate surface area is 251 Å². The fourth-order valence-electron chi connectivity index (χ4n) is 4.61. The minimum Gasteiger partial charge on any atom is -0.485 e. The van der Waals surface area contributed by atoms with Crippen LogP contribution in [0.25, 0.3) is 10.9 Å². The van der Waals surface area contributed by atoms with E-state index in [1.54, 1.807) is 10.6 Å². The zero-order valence-electron chi connectivity index (χ0n) is 26.8. The van der Waals surface area contributed by atoms with Crippen molar-refractivity contribution in [2.75, 3.05) is 13.2 Å². The number of aryl methyl sites for hydroxylation is 1. The summed E-state index contributed by atoms with van der Waals surface area (Å²) < 4.78 is 14.0. The fraction of sp³-hybridized carbons (Fsp3) is 0.514. The molecule has 0 aliphatic carbocycles. The van der Waals surface area contributed by atoms with Crippen LogP contribution in [0.3, 0.4) is 0 Å². The molecule has 1 aromatic heterocycles. The predicted octanol–water partition coefficient (Wildman–Crippen LogP) is 9.63. The van der Waals surface area contributed by atoms with E-state index in [0.29, 0.717) is 23.2 Å². The first-order chi connectivity index (χ1) is 20.0. The minimum absolute atomic E-state index is 0.0613. The van der Waals surface area contributed by atoms with Gasteiger partial charge < -0.3 is 14.0 Å². The van der Waals surface area contributed by atoms with Crippen molar-refractivity contribution < 1.29 is 14.4 Å². The van der Waals surface area contributed by atoms with Crippen molar-refractivity contribution in [3.05, 3.63) is 85.3 Å². The summed E-state index contributed by atoms with van der Waals surface area (Å²) in [4.78, 5) is 25.1. The molecule has 2 aromatic rings. The van der Waals surface area contributed by atoms with Crippen molar-refractivity contribution in [2.24, 2.45) is 0 Å². The molecule has 0 N–H and O–H groups in total. The van der Waals surface area contributed by atoms with Crippen molar-refractivity contribution >= 4 is 16.6 Å². The van der Waals surface area contributed by atoms with E-state index in [1.807, 2.05) is 12.2 Å². The number of hydrogen-bond acceptors (Lipinski definition) is 5. The molecule has 0 saturated carbocycles. The largest absolute Gasteiger partial charge is 0.485 e. The molecular formula is C35H50N2O5. The number of nitro benzene ring substituents is 1. The van der Waals surface area contributed by atoms with Crippen molar-refractivity contribution in [1.82, 2.24) is 4.57 Å². The quantitative estimate of drug-likeness (QED) is 0.0761. The Morgan fingerprint density at radius 3 is 1.93 bits per heavy atom. The molecule has 0 radical (unpaired) electrons. The molecule has 0 aliphatic heterocycles. The molecule has 0 amide bonds. The summed E-state index contributed by atoms with van der Waals surface area (Å²) in [6.07, 6.45) is 16.1. The summed E-state index contributed by atoms with van der Waals surface area (Å²) in [6.45, 7) is 15.6. The number of benzene rings is 1. The third kappa shape index (κ3) is 11.3. The van der Waals surface area contributed by atoms with E-state index in [2.05, 4.69) is 60.6 Å². The Kier molecular flexibility index (Phi) is 14.9. The number of allylic oxidation sites excluding steroid dienone is 6. The molecule has 42 heavy (non-hydrogen) atoms. The van der Waals surface area contributed by atoms with E-state index in [9.17, 15) is 14.9 Å². The van der Waals surface area contributed by atoms with Gasteiger partial charge in [-0.1, -0.05) is 60.6 Å². The first-order valence-corrected chi connectivity index (χ1v) is 15.2. The van der Waals surface area contributed by atoms with Crippen molar-refractivity contribution in [3.63, 3.8) is 0 Å². The minimum atomic E-state index is -0.433. The summed E-state index contributed by atoms with van der Waals surface area (Å²) in [7, 11) is 0. The number of aromatic nitrogens is 1. The normalized spacial score (nSPS) is 11.9. The van der Waals surface area contributed by atoms with Gasteiger partial charge in [0.05, 0.1) is 10.4 Å². The van der Waals surface area contributed by atoms with Gasteiger partial charge in [-0.15, -0.1) is 0 Å². The van der Waals surface area contributed by atoms with Gasteiger partial charge >= 0.3 is 0 Å². The number of ether oxygens (including phenoxy) is 2. The maximum absolute atomic E-state index is 13.9. The highest BCUT2D eigenvalue weighted by Gasteiger charge is 2.21. The average Bonchev–Trinajstić information content (AvgIpc) is 2.92. The Morgan fingerprint density at radius 1 is 0.833 bits per heavy atom. The smallest absolute Gasteiger partial charge is 0.297 e. The molecule has 0 spiro atoms. The van der Waals surface area contributed by atoms with Gasteiger partial charge in [0.1, 0.15) is 13.2 Å². The maximum atomic E-state index is 13.9. The van der Waals surface area contributed by atoms with Crippen LogP contribution >= 0.6 is 0 Å². The van der Waals surface area contributed by atoms with Crippen LogP contribution in [-0.4, -0.2) is 22.7 Å². The molecule has 0 fully saturated rings. The zero-order valence-corrected chi connectivity index (χ0v) is 26.8. The average molecular weight is 579 g/mol. The molecule has 0 unspecified atom stereocenters. The van der Waals surface area contributed by atoms with Crippen molar-refractivity contribution in [1.29, 1.82) is 0 Å². The third-order valence-corrected chi connectivity index (χ3v) is 7.11. The topological polar surface area (TPSA) is 83.6 Å². The molecule has 0 saturated heterocycles. The molecule has 2 rings (SSSR count). The van der Waals surface area contributed by atoms with Crippen LogP contribution in [0.1, 0.15) is 99.8 Å². The Morgan fingerprint density at radius 2 is 1.40 bits per heavy atom. The monoisotopic (exact) mass is 578 g/mol. The molecule has 230 valence electrons. The van der Waals surface area contributed by atoms with Gasteiger partial charge in [-0.25, -0.2) is 0 Å². The highest BCUT2D eigenvalue weighted by Crippen LogP contribution is 2.35. The van der Waals surface area contributed by atoms with Crippen LogP contribution in [-0.2, 0) is 6.54 Å². The van der Waals surface area contributed by atoms with Crippen LogP contribution < -0.4 is 15.0 Å². The number of fused-ring (bicyclic) bond motifs is 1. The van der Waals surface area contributed by atoms with Gasteiger partial charge in [-0.05, 0) is 91.9 Å². The number of unbranched alkanes of at least 4 members (excludes halogenated alkanes) is 3. The number of non-ortho nitro benzene ring substituents is 1. The lowest BCUT2D eigenvalue weighted by Crippen LogP contribution is -2.24. The molecule has 1 aromatic carbocycles. The summed E-state index contributed by atoms with van der Waals surface area (Å²) in [5.74, 6) is 0.481. The zero-order chi connectivity index (χ0) is 31.1. The summed E-state index contributed by atoms with van der Waals surface area (Å²) in [5.41, 5.74) is 5.06. The van der Waals surface area contributed by atoms with Gasteiger partial charge in [-0.3, -0.25) is 14.9 Å². The number of hydrogen-bond donors (Lipinski definition) is 0. The number of pyridine rings is 1. The van der Waals surface area contributed by atoms with E-state index in [4.69, 9.17) is 9.47 Å². The van der Waals surface area contributed by atoms with Gasteiger partial charge in [-0.2, -0.15) is 0 Å². The van der Waals surface area contributed by atoms with Crippen LogP contribution in [0.5, 0.6) is 11.5 Å². The van der Waals surface area contributed by atoms with E-state index < -0.39 is 4.92 Å². The van der Waals surface area contributed by atoms with Crippen LogP contribution in [0, 0.1) is 10.1 Å². The van der Waals surface area contributed by atoms with Gasteiger partial charge in [0.25, 0.3) is 11.2 Å². The molecule has 7 nitrogen and oxygen atoms in total. The van der Waals surface area contributed by atoms with Gasteiger partial charge in [0.2, 0.25) is 5.75 Å². The molecule has 0 bridgehead atoms. The van der Waals surface area contributed by atoms with Crippen LogP contribution in [0.4, 0.5) is 5.69 Å². The van der Waals surface area contributed by atoms with E-state index in [1.165, 1.54) is 34.4 Å². The summed E-state index contributed by atoms with van der Waals surface area (Å²) >= 11 is 0. The standard InChI is InChI=1S/C35H50N2O5/c1-8-9-10-11-22-36-32-25-30(37(39)40)18-19-31(32)33(41-23-20-28(6)16-12-14-26(2)3)34(35(36)38)42-24-21-29(7)17-13-15-27(4)5/h14-15,18-21,25H,8-13,16-17,22-24H2,1-7H3. The summed E-state index contributed by atoms with van der Waals surface area (Å²) in [5, 5.41) is 12.3. The predicted molar refractivity (Wildman–Crippen MR) is 175 cm³/mol. The third-order valence-electron chi connectivity index (χ3n) is 7.11. The van der Waals surface area contributed by atoms with Crippen molar-refractivity contribution in [2.45, 2.75) is 106 Å². The lowest BCUT2D eigenvalue weighted by Gasteiger charge is -2.18. The van der Waals surface area contributed by atoms with Gasteiger partial charge in [0, 0.05) is 24.1 Å².